The molecule has 0 bridgehead atoms. The SMILES string of the molecule is CCOP(=O)(C#N)N(C)C.[B].[Ta]. The fourth-order valence-electron chi connectivity index (χ4n) is 0.409. The Hall–Kier alpha value is 0.445. The van der Waals surface area contributed by atoms with Gasteiger partial charge in [-0.05, 0) is 21.0 Å². The van der Waals surface area contributed by atoms with Crippen LogP contribution >= 0.6 is 7.52 Å². The van der Waals surface area contributed by atoms with Crippen molar-refractivity contribution in [1.29, 1.82) is 5.26 Å². The van der Waals surface area contributed by atoms with Gasteiger partial charge in [0.05, 0.1) is 6.61 Å². The molecule has 12 heavy (non-hydrogen) atoms. The van der Waals surface area contributed by atoms with Crippen molar-refractivity contribution in [2.75, 3.05) is 20.7 Å². The predicted molar refractivity (Wildman–Crippen MR) is 44.3 cm³/mol. The standard InChI is InChI=1S/C5H11N2O2P.B.Ta/c1-4-9-10(8,5-6)7(2)3;;/h4H2,1-3H3;;. The summed E-state index contributed by atoms with van der Waals surface area (Å²) in [6, 6.07) is 0. The van der Waals surface area contributed by atoms with Crippen LogP contribution in [0, 0.1) is 11.1 Å². The molecule has 0 aliphatic carbocycles. The van der Waals surface area contributed by atoms with E-state index in [9.17, 15) is 4.57 Å². The van der Waals surface area contributed by atoms with Gasteiger partial charge in [-0.2, -0.15) is 5.26 Å². The average molecular weight is 354 g/mol. The molecule has 1 unspecified atom stereocenters. The minimum absolute atomic E-state index is 0. The Morgan fingerprint density at radius 1 is 1.58 bits per heavy atom. The van der Waals surface area contributed by atoms with E-state index in [0.29, 0.717) is 6.61 Å². The zero-order valence-corrected chi connectivity index (χ0v) is 11.5. The van der Waals surface area contributed by atoms with Gasteiger partial charge in [-0.25, -0.2) is 4.67 Å². The van der Waals surface area contributed by atoms with E-state index in [4.69, 9.17) is 9.79 Å². The Morgan fingerprint density at radius 3 is 2.08 bits per heavy atom. The molecule has 0 saturated carbocycles. The predicted octanol–water partition coefficient (Wildman–Crippen LogP) is 0.875. The number of rotatable bonds is 3. The van der Waals surface area contributed by atoms with E-state index in [-0.39, 0.29) is 30.8 Å². The van der Waals surface area contributed by atoms with Gasteiger partial charge in [0.25, 0.3) is 0 Å². The van der Waals surface area contributed by atoms with Crippen molar-refractivity contribution in [2.24, 2.45) is 0 Å². The van der Waals surface area contributed by atoms with Crippen molar-refractivity contribution in [1.82, 2.24) is 4.67 Å². The van der Waals surface area contributed by atoms with Crippen LogP contribution < -0.4 is 0 Å². The molecule has 0 N–H and O–H groups in total. The van der Waals surface area contributed by atoms with E-state index < -0.39 is 7.52 Å². The number of hydrogen-bond acceptors (Lipinski definition) is 3. The summed E-state index contributed by atoms with van der Waals surface area (Å²) in [6.07, 6.45) is 0. The van der Waals surface area contributed by atoms with Crippen molar-refractivity contribution < 1.29 is 31.5 Å². The fraction of sp³-hybridized carbons (Fsp3) is 0.800. The maximum absolute atomic E-state index is 11.2. The van der Waals surface area contributed by atoms with Crippen molar-refractivity contribution >= 4 is 15.9 Å². The number of nitriles is 1. The van der Waals surface area contributed by atoms with Gasteiger partial charge in [0, 0.05) is 30.8 Å². The van der Waals surface area contributed by atoms with Crippen LogP contribution in [-0.4, -0.2) is 33.8 Å². The quantitative estimate of drug-likeness (QED) is 0.558. The van der Waals surface area contributed by atoms with Gasteiger partial charge in [0.2, 0.25) is 0 Å². The molecule has 0 amide bonds. The minimum atomic E-state index is -3.13. The molecule has 0 saturated heterocycles. The van der Waals surface area contributed by atoms with E-state index in [0.717, 1.165) is 0 Å². The molecule has 0 aromatic rings. The van der Waals surface area contributed by atoms with E-state index in [1.165, 1.54) is 4.67 Å². The van der Waals surface area contributed by atoms with E-state index in [2.05, 4.69) is 0 Å². The minimum Gasteiger partial charge on any atom is -0.307 e. The van der Waals surface area contributed by atoms with Crippen molar-refractivity contribution in [3.05, 3.63) is 0 Å². The van der Waals surface area contributed by atoms with Crippen LogP contribution in [0.5, 0.6) is 0 Å². The third kappa shape index (κ3) is 5.15. The Morgan fingerprint density at radius 2 is 2.00 bits per heavy atom. The van der Waals surface area contributed by atoms with E-state index >= 15 is 0 Å². The molecule has 0 fully saturated rings. The summed E-state index contributed by atoms with van der Waals surface area (Å²) in [7, 11) is -0.0229. The van der Waals surface area contributed by atoms with Crippen molar-refractivity contribution in [3.8, 4) is 5.81 Å². The third-order valence-electron chi connectivity index (χ3n) is 0.957. The smallest absolute Gasteiger partial charge is 0.307 e. The van der Waals surface area contributed by atoms with Crippen molar-refractivity contribution in [2.45, 2.75) is 6.92 Å². The summed E-state index contributed by atoms with van der Waals surface area (Å²) in [5.74, 6) is 1.64. The molecular weight excluding hydrogens is 343 g/mol. The number of hydrogen-bond donors (Lipinski definition) is 0. The van der Waals surface area contributed by atoms with Crippen LogP contribution in [0.1, 0.15) is 6.92 Å². The first kappa shape index (κ1) is 18.3. The molecule has 66 valence electrons. The third-order valence-corrected chi connectivity index (χ3v) is 2.87. The summed E-state index contributed by atoms with van der Waals surface area (Å²) in [5, 5.41) is 8.41. The zero-order chi connectivity index (χ0) is 8.20. The molecule has 0 aromatic heterocycles. The zero-order valence-electron chi connectivity index (χ0n) is 7.39. The molecule has 4 nitrogen and oxygen atoms in total. The molecule has 0 rings (SSSR count). The molecule has 0 aliphatic rings. The van der Waals surface area contributed by atoms with Crippen LogP contribution in [0.25, 0.3) is 0 Å². The summed E-state index contributed by atoms with van der Waals surface area (Å²) in [5.41, 5.74) is 0. The summed E-state index contributed by atoms with van der Waals surface area (Å²) >= 11 is 0. The van der Waals surface area contributed by atoms with Crippen LogP contribution in [0.2, 0.25) is 0 Å². The Labute approximate surface area is 90.9 Å². The molecule has 0 aliphatic heterocycles. The molecule has 1 atom stereocenters. The Kier molecular flexibility index (Phi) is 12.3. The molecule has 0 spiro atoms. The molecule has 0 heterocycles. The van der Waals surface area contributed by atoms with Gasteiger partial charge in [-0.3, -0.25) is 4.57 Å². The molecule has 0 aromatic carbocycles. The monoisotopic (exact) mass is 354 g/mol. The van der Waals surface area contributed by atoms with E-state index in [1.54, 1.807) is 26.8 Å². The van der Waals surface area contributed by atoms with Gasteiger partial charge in [0.15, 0.2) is 5.81 Å². The van der Waals surface area contributed by atoms with E-state index in [1.807, 2.05) is 0 Å². The Balaban J connectivity index is -0.000000405. The summed E-state index contributed by atoms with van der Waals surface area (Å²) in [6.45, 7) is 2.00. The van der Waals surface area contributed by atoms with Gasteiger partial charge < -0.3 is 4.52 Å². The first-order valence-corrected chi connectivity index (χ1v) is 4.48. The van der Waals surface area contributed by atoms with Crippen LogP contribution in [0.4, 0.5) is 0 Å². The van der Waals surface area contributed by atoms with Crippen molar-refractivity contribution in [3.63, 3.8) is 0 Å². The van der Waals surface area contributed by atoms with Gasteiger partial charge in [-0.15, -0.1) is 0 Å². The average Bonchev–Trinajstić information content (AvgIpc) is 1.88. The first-order chi connectivity index (χ1) is 4.56. The summed E-state index contributed by atoms with van der Waals surface area (Å²) < 4.78 is 17.3. The van der Waals surface area contributed by atoms with Crippen LogP contribution in [0.3, 0.4) is 0 Å². The Bertz CT molecular complexity index is 194. The van der Waals surface area contributed by atoms with Crippen LogP contribution in [0.15, 0.2) is 0 Å². The van der Waals surface area contributed by atoms with Gasteiger partial charge in [0.1, 0.15) is 0 Å². The largest absolute Gasteiger partial charge is 0.370 e. The second kappa shape index (κ2) is 8.06. The maximum atomic E-state index is 11.2. The molecule has 4 radical (unpaired) electrons. The van der Waals surface area contributed by atoms with Gasteiger partial charge in [-0.1, -0.05) is 0 Å². The van der Waals surface area contributed by atoms with Gasteiger partial charge >= 0.3 is 7.52 Å². The molecular formula is C5H11BN2O2PTa. The summed E-state index contributed by atoms with van der Waals surface area (Å²) in [4.78, 5) is 0. The normalized spacial score (nSPS) is 13.6. The topological polar surface area (TPSA) is 53.3 Å². The number of nitrogens with zero attached hydrogens (tertiary/aromatic N) is 2. The fourth-order valence-corrected chi connectivity index (χ4v) is 1.23. The first-order valence-electron chi connectivity index (χ1n) is 2.90. The molecule has 7 heteroatoms. The second-order valence-electron chi connectivity index (χ2n) is 1.89. The maximum Gasteiger partial charge on any atom is 0.370 e. The second-order valence-corrected chi connectivity index (χ2v) is 4.18. The van der Waals surface area contributed by atoms with Crippen LogP contribution in [-0.2, 0) is 31.5 Å².